The first-order chi connectivity index (χ1) is 5.74. The topological polar surface area (TPSA) is 36.3 Å². The Morgan fingerprint density at radius 2 is 2.17 bits per heavy atom. The van der Waals surface area contributed by atoms with Gasteiger partial charge in [0, 0.05) is 25.8 Å². The molecule has 0 fully saturated rings. The average Bonchev–Trinajstić information content (AvgIpc) is 2.05. The smallest absolute Gasteiger partial charge is 0.292 e. The summed E-state index contributed by atoms with van der Waals surface area (Å²) >= 11 is 0. The Labute approximate surface area is 71.8 Å². The van der Waals surface area contributed by atoms with Gasteiger partial charge in [0.25, 0.3) is 6.26 Å². The Balaban J connectivity index is 2.90. The number of benzene rings is 1. The molecule has 0 heterocycles. The van der Waals surface area contributed by atoms with Crippen molar-refractivity contribution in [1.29, 1.82) is 5.26 Å². The quantitative estimate of drug-likeness (QED) is 0.620. The second kappa shape index (κ2) is 3.63. The number of nitrogens with zero attached hydrogens (tertiary/aromatic N) is 2. The molecule has 12 heavy (non-hydrogen) atoms. The van der Waals surface area contributed by atoms with Gasteiger partial charge in [0.2, 0.25) is 0 Å². The van der Waals surface area contributed by atoms with Crippen molar-refractivity contribution in [2.24, 2.45) is 0 Å². The van der Waals surface area contributed by atoms with E-state index in [9.17, 15) is 0 Å². The zero-order valence-corrected chi connectivity index (χ0v) is 7.11. The van der Waals surface area contributed by atoms with E-state index in [1.54, 1.807) is 12.3 Å². The molecule has 0 saturated carbocycles. The second-order valence-corrected chi connectivity index (χ2v) is 2.59. The van der Waals surface area contributed by atoms with Crippen molar-refractivity contribution in [2.45, 2.75) is 0 Å². The predicted molar refractivity (Wildman–Crippen MR) is 47.0 cm³/mol. The molecule has 3 nitrogen and oxygen atoms in total. The third-order valence-corrected chi connectivity index (χ3v) is 1.50. The second-order valence-electron chi connectivity index (χ2n) is 2.59. The highest BCUT2D eigenvalue weighted by Gasteiger charge is 1.96. The molecular formula is C9H10N2O. The lowest BCUT2D eigenvalue weighted by Crippen LogP contribution is -2.08. The van der Waals surface area contributed by atoms with E-state index in [-0.39, 0.29) is 0 Å². The SMILES string of the molecule is CN(C)c1cccc(OC#N)c1. The maximum atomic E-state index is 8.26. The first kappa shape index (κ1) is 8.41. The van der Waals surface area contributed by atoms with E-state index in [0.29, 0.717) is 5.75 Å². The Morgan fingerprint density at radius 1 is 1.42 bits per heavy atom. The molecule has 0 aromatic heterocycles. The van der Waals surface area contributed by atoms with Crippen LogP contribution in [-0.2, 0) is 0 Å². The first-order valence-corrected chi connectivity index (χ1v) is 3.57. The summed E-state index contributed by atoms with van der Waals surface area (Å²) in [5.41, 5.74) is 1.02. The Bertz CT molecular complexity index is 302. The summed E-state index contributed by atoms with van der Waals surface area (Å²) in [4.78, 5) is 1.95. The van der Waals surface area contributed by atoms with Crippen LogP contribution in [0.5, 0.6) is 5.75 Å². The zero-order valence-electron chi connectivity index (χ0n) is 7.11. The third-order valence-electron chi connectivity index (χ3n) is 1.50. The lowest BCUT2D eigenvalue weighted by atomic mass is 10.3. The van der Waals surface area contributed by atoms with Crippen LogP contribution >= 0.6 is 0 Å². The maximum absolute atomic E-state index is 8.26. The van der Waals surface area contributed by atoms with Gasteiger partial charge in [0.15, 0.2) is 0 Å². The minimum Gasteiger partial charge on any atom is -0.388 e. The molecule has 0 bridgehead atoms. The van der Waals surface area contributed by atoms with Gasteiger partial charge in [0.1, 0.15) is 5.75 Å². The van der Waals surface area contributed by atoms with Crippen LogP contribution in [0.25, 0.3) is 0 Å². The van der Waals surface area contributed by atoms with Crippen LogP contribution in [0.3, 0.4) is 0 Å². The molecule has 3 heteroatoms. The number of nitriles is 1. The van der Waals surface area contributed by atoms with Crippen LogP contribution in [0.15, 0.2) is 24.3 Å². The Kier molecular flexibility index (Phi) is 2.54. The van der Waals surface area contributed by atoms with Gasteiger partial charge >= 0.3 is 0 Å². The van der Waals surface area contributed by atoms with Gasteiger partial charge in [-0.15, -0.1) is 5.26 Å². The Hall–Kier alpha value is -1.69. The predicted octanol–water partition coefficient (Wildman–Crippen LogP) is 1.61. The molecule has 0 spiro atoms. The van der Waals surface area contributed by atoms with Gasteiger partial charge in [-0.25, -0.2) is 0 Å². The van der Waals surface area contributed by atoms with Gasteiger partial charge in [0.05, 0.1) is 0 Å². The molecule has 0 aliphatic heterocycles. The van der Waals surface area contributed by atoms with E-state index in [2.05, 4.69) is 4.74 Å². The molecule has 0 atom stereocenters. The fraction of sp³-hybridized carbons (Fsp3) is 0.222. The summed E-state index contributed by atoms with van der Waals surface area (Å²) in [6.45, 7) is 0. The molecule has 62 valence electrons. The maximum Gasteiger partial charge on any atom is 0.292 e. The van der Waals surface area contributed by atoms with Gasteiger partial charge in [-0.1, -0.05) is 6.07 Å². The summed E-state index contributed by atoms with van der Waals surface area (Å²) < 4.78 is 4.68. The Morgan fingerprint density at radius 3 is 2.75 bits per heavy atom. The standard InChI is InChI=1S/C9H10N2O/c1-11(2)8-4-3-5-9(6-8)12-7-10/h3-6H,1-2H3. The summed E-state index contributed by atoms with van der Waals surface area (Å²) in [5, 5.41) is 8.26. The number of hydrogen-bond donors (Lipinski definition) is 0. The molecule has 1 rings (SSSR count). The van der Waals surface area contributed by atoms with Crippen molar-refractivity contribution in [2.75, 3.05) is 19.0 Å². The number of rotatable bonds is 2. The van der Waals surface area contributed by atoms with Crippen LogP contribution in [0.2, 0.25) is 0 Å². The molecule has 0 radical (unpaired) electrons. The van der Waals surface area contributed by atoms with E-state index in [0.717, 1.165) is 5.69 Å². The van der Waals surface area contributed by atoms with Crippen molar-refractivity contribution in [3.63, 3.8) is 0 Å². The fourth-order valence-corrected chi connectivity index (χ4v) is 0.878. The highest BCUT2D eigenvalue weighted by Crippen LogP contribution is 2.18. The third kappa shape index (κ3) is 1.89. The monoisotopic (exact) mass is 162 g/mol. The summed E-state index contributed by atoms with van der Waals surface area (Å²) in [6, 6.07) is 7.35. The molecular weight excluding hydrogens is 152 g/mol. The molecule has 1 aromatic carbocycles. The largest absolute Gasteiger partial charge is 0.388 e. The van der Waals surface area contributed by atoms with Crippen molar-refractivity contribution < 1.29 is 4.74 Å². The number of ether oxygens (including phenoxy) is 1. The fourth-order valence-electron chi connectivity index (χ4n) is 0.878. The van der Waals surface area contributed by atoms with Crippen LogP contribution in [-0.4, -0.2) is 14.1 Å². The van der Waals surface area contributed by atoms with Gasteiger partial charge < -0.3 is 9.64 Å². The number of hydrogen-bond acceptors (Lipinski definition) is 3. The summed E-state index contributed by atoms with van der Waals surface area (Å²) in [6.07, 6.45) is 1.63. The van der Waals surface area contributed by atoms with Gasteiger partial charge in [-0.3, -0.25) is 0 Å². The van der Waals surface area contributed by atoms with Crippen LogP contribution in [0.4, 0.5) is 5.69 Å². The summed E-state index contributed by atoms with van der Waals surface area (Å²) in [7, 11) is 3.87. The van der Waals surface area contributed by atoms with E-state index in [4.69, 9.17) is 5.26 Å². The highest BCUT2D eigenvalue weighted by molar-refractivity contribution is 5.49. The molecule has 0 N–H and O–H groups in total. The van der Waals surface area contributed by atoms with Gasteiger partial charge in [-0.2, -0.15) is 0 Å². The molecule has 0 saturated heterocycles. The molecule has 0 amide bonds. The average molecular weight is 162 g/mol. The highest BCUT2D eigenvalue weighted by atomic mass is 16.5. The van der Waals surface area contributed by atoms with Crippen LogP contribution in [0.1, 0.15) is 0 Å². The molecule has 1 aromatic rings. The van der Waals surface area contributed by atoms with E-state index < -0.39 is 0 Å². The van der Waals surface area contributed by atoms with Crippen LogP contribution in [0, 0.1) is 11.5 Å². The van der Waals surface area contributed by atoms with Crippen LogP contribution < -0.4 is 9.64 Å². The van der Waals surface area contributed by atoms with E-state index in [1.807, 2.05) is 37.2 Å². The summed E-state index contributed by atoms with van der Waals surface area (Å²) in [5.74, 6) is 0.573. The van der Waals surface area contributed by atoms with Gasteiger partial charge in [-0.05, 0) is 12.1 Å². The van der Waals surface area contributed by atoms with E-state index >= 15 is 0 Å². The zero-order chi connectivity index (χ0) is 8.97. The van der Waals surface area contributed by atoms with Crippen molar-refractivity contribution in [1.82, 2.24) is 0 Å². The van der Waals surface area contributed by atoms with Crippen molar-refractivity contribution >= 4 is 5.69 Å². The molecule has 0 unspecified atom stereocenters. The lowest BCUT2D eigenvalue weighted by Gasteiger charge is -2.11. The van der Waals surface area contributed by atoms with E-state index in [1.165, 1.54) is 0 Å². The van der Waals surface area contributed by atoms with Crippen molar-refractivity contribution in [3.05, 3.63) is 24.3 Å². The molecule has 0 aliphatic rings. The molecule has 0 aliphatic carbocycles. The first-order valence-electron chi connectivity index (χ1n) is 3.57. The normalized spacial score (nSPS) is 8.75. The number of anilines is 1. The lowest BCUT2D eigenvalue weighted by molar-refractivity contribution is 0.507. The minimum absolute atomic E-state index is 0.573. The minimum atomic E-state index is 0.573. The van der Waals surface area contributed by atoms with Crippen molar-refractivity contribution in [3.8, 4) is 12.0 Å².